The van der Waals surface area contributed by atoms with E-state index in [-0.39, 0.29) is 5.75 Å². The Morgan fingerprint density at radius 3 is 3.00 bits per heavy atom. The number of hydrogen-bond acceptors (Lipinski definition) is 4. The van der Waals surface area contributed by atoms with Crippen molar-refractivity contribution in [1.29, 1.82) is 0 Å². The molecule has 0 bridgehead atoms. The monoisotopic (exact) mass is 251 g/mol. The quantitative estimate of drug-likeness (QED) is 0.523. The lowest BCUT2D eigenvalue weighted by molar-refractivity contribution is 0.244. The summed E-state index contributed by atoms with van der Waals surface area (Å²) in [6, 6.07) is 5.39. The van der Waals surface area contributed by atoms with Crippen molar-refractivity contribution in [3.05, 3.63) is 36.6 Å². The third-order valence-electron chi connectivity index (χ3n) is 2.39. The maximum Gasteiger partial charge on any atom is 0.161 e. The number of ether oxygens (including phenoxy) is 2. The van der Waals surface area contributed by atoms with Crippen molar-refractivity contribution >= 4 is 0 Å². The summed E-state index contributed by atoms with van der Waals surface area (Å²) < 4.78 is 10.4. The Bertz CT molecular complexity index is 366. The summed E-state index contributed by atoms with van der Waals surface area (Å²) >= 11 is 0. The second-order valence-corrected chi connectivity index (χ2v) is 3.80. The van der Waals surface area contributed by atoms with Gasteiger partial charge in [0.1, 0.15) is 0 Å². The number of hydrogen-bond donors (Lipinski definition) is 2. The molecule has 4 nitrogen and oxygen atoms in total. The minimum absolute atomic E-state index is 0.181. The topological polar surface area (TPSA) is 50.7 Å². The SMILES string of the molecule is C=COCCCNCc1ccc(O)c(OCC)c1. The van der Waals surface area contributed by atoms with Crippen molar-refractivity contribution in [3.8, 4) is 11.5 Å². The Morgan fingerprint density at radius 1 is 1.44 bits per heavy atom. The molecule has 0 atom stereocenters. The molecule has 1 aromatic rings. The van der Waals surface area contributed by atoms with Gasteiger partial charge in [0.05, 0.1) is 19.5 Å². The van der Waals surface area contributed by atoms with Crippen molar-refractivity contribution in [2.75, 3.05) is 19.8 Å². The van der Waals surface area contributed by atoms with Crippen molar-refractivity contribution < 1.29 is 14.6 Å². The molecule has 2 N–H and O–H groups in total. The lowest BCUT2D eigenvalue weighted by Crippen LogP contribution is -2.16. The zero-order valence-electron chi connectivity index (χ0n) is 10.8. The molecule has 4 heteroatoms. The Morgan fingerprint density at radius 2 is 2.28 bits per heavy atom. The number of benzene rings is 1. The van der Waals surface area contributed by atoms with Crippen LogP contribution in [0, 0.1) is 0 Å². The van der Waals surface area contributed by atoms with Gasteiger partial charge in [0.25, 0.3) is 0 Å². The van der Waals surface area contributed by atoms with Crippen LogP contribution < -0.4 is 10.1 Å². The Labute approximate surface area is 108 Å². The summed E-state index contributed by atoms with van der Waals surface area (Å²) in [5.74, 6) is 0.715. The lowest BCUT2D eigenvalue weighted by Gasteiger charge is -2.09. The summed E-state index contributed by atoms with van der Waals surface area (Å²) in [4.78, 5) is 0. The average molecular weight is 251 g/mol. The van der Waals surface area contributed by atoms with E-state index >= 15 is 0 Å². The molecule has 0 saturated heterocycles. The number of phenolic OH excluding ortho intramolecular Hbond substituents is 1. The van der Waals surface area contributed by atoms with Crippen molar-refractivity contribution in [2.45, 2.75) is 19.9 Å². The first-order valence-electron chi connectivity index (χ1n) is 6.15. The second-order valence-electron chi connectivity index (χ2n) is 3.80. The van der Waals surface area contributed by atoms with Gasteiger partial charge in [-0.3, -0.25) is 0 Å². The highest BCUT2D eigenvalue weighted by atomic mass is 16.5. The number of phenols is 1. The van der Waals surface area contributed by atoms with Crippen molar-refractivity contribution in [2.24, 2.45) is 0 Å². The molecule has 1 aromatic carbocycles. The van der Waals surface area contributed by atoms with Gasteiger partial charge in [-0.2, -0.15) is 0 Å². The molecule has 0 aliphatic heterocycles. The second kappa shape index (κ2) is 8.42. The van der Waals surface area contributed by atoms with Gasteiger partial charge in [-0.1, -0.05) is 12.6 Å². The zero-order valence-corrected chi connectivity index (χ0v) is 10.8. The fourth-order valence-electron chi connectivity index (χ4n) is 1.54. The summed E-state index contributed by atoms with van der Waals surface area (Å²) in [6.45, 7) is 8.21. The maximum atomic E-state index is 9.56. The molecule has 18 heavy (non-hydrogen) atoms. The summed E-state index contributed by atoms with van der Waals surface area (Å²) in [6.07, 6.45) is 2.39. The Kier molecular flexibility index (Phi) is 6.72. The molecule has 0 amide bonds. The highest BCUT2D eigenvalue weighted by molar-refractivity contribution is 5.41. The van der Waals surface area contributed by atoms with Gasteiger partial charge in [0.15, 0.2) is 11.5 Å². The van der Waals surface area contributed by atoms with E-state index in [1.165, 1.54) is 6.26 Å². The summed E-state index contributed by atoms with van der Waals surface area (Å²) in [5, 5.41) is 12.9. The number of aromatic hydroxyl groups is 1. The highest BCUT2D eigenvalue weighted by Crippen LogP contribution is 2.26. The molecule has 0 unspecified atom stereocenters. The first kappa shape index (κ1) is 14.4. The van der Waals surface area contributed by atoms with E-state index in [4.69, 9.17) is 9.47 Å². The first-order chi connectivity index (χ1) is 8.77. The van der Waals surface area contributed by atoms with Gasteiger partial charge >= 0.3 is 0 Å². The van der Waals surface area contributed by atoms with E-state index in [0.717, 1.165) is 25.1 Å². The predicted molar refractivity (Wildman–Crippen MR) is 71.7 cm³/mol. The third kappa shape index (κ3) is 5.10. The molecule has 0 aromatic heterocycles. The number of rotatable bonds is 9. The van der Waals surface area contributed by atoms with Crippen LogP contribution >= 0.6 is 0 Å². The minimum Gasteiger partial charge on any atom is -0.504 e. The molecule has 0 saturated carbocycles. The van der Waals surface area contributed by atoms with Gasteiger partial charge < -0.3 is 19.9 Å². The standard InChI is InChI=1S/C14H21NO3/c1-3-17-9-5-8-15-11-12-6-7-13(16)14(10-12)18-4-2/h3,6-7,10,15-16H,1,4-5,8-9,11H2,2H3. The van der Waals surface area contributed by atoms with E-state index in [1.54, 1.807) is 6.07 Å². The summed E-state index contributed by atoms with van der Waals surface area (Å²) in [7, 11) is 0. The molecular weight excluding hydrogens is 230 g/mol. The molecule has 0 spiro atoms. The fourth-order valence-corrected chi connectivity index (χ4v) is 1.54. The highest BCUT2D eigenvalue weighted by Gasteiger charge is 2.02. The lowest BCUT2D eigenvalue weighted by atomic mass is 10.2. The van der Waals surface area contributed by atoms with Gasteiger partial charge in [0.2, 0.25) is 0 Å². The zero-order chi connectivity index (χ0) is 13.2. The van der Waals surface area contributed by atoms with Crippen LogP contribution in [-0.2, 0) is 11.3 Å². The largest absolute Gasteiger partial charge is 0.504 e. The van der Waals surface area contributed by atoms with Crippen LogP contribution in [0.2, 0.25) is 0 Å². The van der Waals surface area contributed by atoms with E-state index < -0.39 is 0 Å². The smallest absolute Gasteiger partial charge is 0.161 e. The molecule has 0 fully saturated rings. The minimum atomic E-state index is 0.181. The van der Waals surface area contributed by atoms with Crippen LogP contribution in [0.4, 0.5) is 0 Å². The maximum absolute atomic E-state index is 9.56. The van der Waals surface area contributed by atoms with E-state index in [1.807, 2.05) is 19.1 Å². The van der Waals surface area contributed by atoms with Crippen LogP contribution in [0.25, 0.3) is 0 Å². The predicted octanol–water partition coefficient (Wildman–Crippen LogP) is 2.43. The van der Waals surface area contributed by atoms with Crippen LogP contribution in [0.3, 0.4) is 0 Å². The first-order valence-corrected chi connectivity index (χ1v) is 6.15. The molecule has 0 heterocycles. The molecule has 100 valence electrons. The third-order valence-corrected chi connectivity index (χ3v) is 2.39. The van der Waals surface area contributed by atoms with Crippen LogP contribution in [-0.4, -0.2) is 24.9 Å². The average Bonchev–Trinajstić information content (AvgIpc) is 2.37. The van der Waals surface area contributed by atoms with E-state index in [2.05, 4.69) is 11.9 Å². The molecular formula is C14H21NO3. The molecule has 0 aliphatic carbocycles. The Hall–Kier alpha value is -1.68. The molecule has 1 rings (SSSR count). The van der Waals surface area contributed by atoms with Gasteiger partial charge in [0, 0.05) is 6.54 Å². The molecule has 0 radical (unpaired) electrons. The van der Waals surface area contributed by atoms with Crippen LogP contribution in [0.1, 0.15) is 18.9 Å². The normalized spacial score (nSPS) is 10.1. The van der Waals surface area contributed by atoms with Gasteiger partial charge in [-0.25, -0.2) is 0 Å². The van der Waals surface area contributed by atoms with Gasteiger partial charge in [-0.15, -0.1) is 0 Å². The van der Waals surface area contributed by atoms with Crippen LogP contribution in [0.5, 0.6) is 11.5 Å². The van der Waals surface area contributed by atoms with Crippen LogP contribution in [0.15, 0.2) is 31.0 Å². The molecule has 0 aliphatic rings. The fraction of sp³-hybridized carbons (Fsp3) is 0.429. The van der Waals surface area contributed by atoms with Gasteiger partial charge in [-0.05, 0) is 37.6 Å². The van der Waals surface area contributed by atoms with Crippen molar-refractivity contribution in [1.82, 2.24) is 5.32 Å². The Balaban J connectivity index is 2.33. The number of nitrogens with one attached hydrogen (secondary N) is 1. The van der Waals surface area contributed by atoms with E-state index in [0.29, 0.717) is 19.0 Å². The van der Waals surface area contributed by atoms with Crippen molar-refractivity contribution in [3.63, 3.8) is 0 Å². The van der Waals surface area contributed by atoms with E-state index in [9.17, 15) is 5.11 Å². The summed E-state index contributed by atoms with van der Waals surface area (Å²) in [5.41, 5.74) is 1.08.